The fraction of sp³-hybridized carbons (Fsp3) is 0.222. The van der Waals surface area contributed by atoms with Crippen molar-refractivity contribution in [3.05, 3.63) is 87.0 Å². The SMILES string of the molecule is CN=C/C(Br)=C(C)/N=C(\C=C(/C)NCCNC)c1ccccc1O.O=Cc1cc2ccccc2s1. The quantitative estimate of drug-likeness (QED) is 0.174. The zero-order valence-electron chi connectivity index (χ0n) is 20.4. The van der Waals surface area contributed by atoms with Crippen molar-refractivity contribution in [3.63, 3.8) is 0 Å². The summed E-state index contributed by atoms with van der Waals surface area (Å²) in [5, 5.41) is 17.7. The minimum Gasteiger partial charge on any atom is -0.507 e. The van der Waals surface area contributed by atoms with E-state index >= 15 is 0 Å². The van der Waals surface area contributed by atoms with E-state index in [0.717, 1.165) is 45.5 Å². The second-order valence-electron chi connectivity index (χ2n) is 7.50. The molecule has 8 heteroatoms. The molecule has 0 amide bonds. The number of benzene rings is 2. The summed E-state index contributed by atoms with van der Waals surface area (Å²) in [6.45, 7) is 5.55. The molecule has 0 fully saturated rings. The van der Waals surface area contributed by atoms with Gasteiger partial charge in [-0.2, -0.15) is 0 Å². The third-order valence-corrected chi connectivity index (χ3v) is 6.57. The Morgan fingerprint density at radius 3 is 2.49 bits per heavy atom. The third-order valence-electron chi connectivity index (χ3n) is 4.75. The van der Waals surface area contributed by atoms with Gasteiger partial charge in [-0.15, -0.1) is 11.3 Å². The molecule has 0 radical (unpaired) electrons. The van der Waals surface area contributed by atoms with Gasteiger partial charge in [0.15, 0.2) is 6.29 Å². The largest absolute Gasteiger partial charge is 0.507 e. The number of fused-ring (bicyclic) bond motifs is 1. The topological polar surface area (TPSA) is 86.1 Å². The molecule has 0 bridgehead atoms. The Hall–Kier alpha value is -3.07. The molecular weight excluding hydrogens is 524 g/mol. The van der Waals surface area contributed by atoms with E-state index in [9.17, 15) is 9.90 Å². The Bertz CT molecular complexity index is 1210. The number of carbonyl (C=O) groups excluding carboxylic acids is 1. The number of phenols is 1. The molecule has 0 unspecified atom stereocenters. The summed E-state index contributed by atoms with van der Waals surface area (Å²) >= 11 is 4.99. The second-order valence-corrected chi connectivity index (χ2v) is 9.47. The Kier molecular flexibility index (Phi) is 12.1. The summed E-state index contributed by atoms with van der Waals surface area (Å²) in [7, 11) is 3.62. The minimum absolute atomic E-state index is 0.198. The Labute approximate surface area is 219 Å². The minimum atomic E-state index is 0.198. The first-order valence-corrected chi connectivity index (χ1v) is 12.7. The number of phenolic OH excluding ortho intramolecular Hbond substituents is 1. The second kappa shape index (κ2) is 15.0. The Morgan fingerprint density at radius 1 is 1.11 bits per heavy atom. The third kappa shape index (κ3) is 9.24. The molecule has 184 valence electrons. The highest BCUT2D eigenvalue weighted by Crippen LogP contribution is 2.23. The number of likely N-dealkylation sites (N-methyl/N-ethyl adjacent to an activating group) is 1. The molecule has 0 atom stereocenters. The fourth-order valence-corrected chi connectivity index (χ4v) is 4.18. The highest BCUT2D eigenvalue weighted by atomic mass is 79.9. The lowest BCUT2D eigenvalue weighted by molar-refractivity contribution is 0.112. The molecule has 0 aliphatic carbocycles. The number of nitrogens with one attached hydrogen (secondary N) is 2. The molecule has 3 N–H and O–H groups in total. The zero-order valence-corrected chi connectivity index (χ0v) is 22.8. The summed E-state index contributed by atoms with van der Waals surface area (Å²) in [4.78, 5) is 19.8. The van der Waals surface area contributed by atoms with E-state index in [0.29, 0.717) is 11.3 Å². The van der Waals surface area contributed by atoms with Crippen LogP contribution in [0.3, 0.4) is 0 Å². The van der Waals surface area contributed by atoms with E-state index < -0.39 is 0 Å². The number of halogens is 1. The summed E-state index contributed by atoms with van der Waals surface area (Å²) < 4.78 is 1.97. The predicted octanol–water partition coefficient (Wildman–Crippen LogP) is 5.93. The lowest BCUT2D eigenvalue weighted by atomic mass is 10.1. The van der Waals surface area contributed by atoms with Gasteiger partial charge in [0.1, 0.15) is 5.75 Å². The first kappa shape index (κ1) is 28.2. The average Bonchev–Trinajstić information content (AvgIpc) is 3.28. The number of aldehydes is 1. The van der Waals surface area contributed by atoms with Crippen molar-refractivity contribution in [2.24, 2.45) is 9.98 Å². The first-order valence-electron chi connectivity index (χ1n) is 11.1. The maximum absolute atomic E-state index is 10.4. The average molecular weight is 556 g/mol. The number of allylic oxidation sites excluding steroid dienone is 4. The number of aromatic hydroxyl groups is 1. The van der Waals surface area contributed by atoms with Gasteiger partial charge < -0.3 is 15.7 Å². The number of rotatable bonds is 9. The molecular formula is C27H31BrN4O2S. The van der Waals surface area contributed by atoms with Crippen molar-refractivity contribution >= 4 is 55.6 Å². The normalized spacial score (nSPS) is 12.8. The molecule has 0 saturated heterocycles. The summed E-state index contributed by atoms with van der Waals surface area (Å²) in [6, 6.07) is 17.1. The number of thiophene rings is 1. The molecule has 3 aromatic rings. The lowest BCUT2D eigenvalue weighted by Crippen LogP contribution is -2.24. The van der Waals surface area contributed by atoms with Crippen LogP contribution in [0.4, 0.5) is 0 Å². The monoisotopic (exact) mass is 554 g/mol. The van der Waals surface area contributed by atoms with Crippen LogP contribution in [0.1, 0.15) is 29.1 Å². The van der Waals surface area contributed by atoms with Crippen LogP contribution in [0.25, 0.3) is 10.1 Å². The highest BCUT2D eigenvalue weighted by molar-refractivity contribution is 9.12. The van der Waals surface area contributed by atoms with Crippen molar-refractivity contribution in [1.29, 1.82) is 0 Å². The van der Waals surface area contributed by atoms with Crippen LogP contribution in [-0.2, 0) is 0 Å². The van der Waals surface area contributed by atoms with Gasteiger partial charge in [0.25, 0.3) is 0 Å². The summed E-state index contributed by atoms with van der Waals surface area (Å²) in [5.41, 5.74) is 3.11. The lowest BCUT2D eigenvalue weighted by Gasteiger charge is -2.10. The molecule has 1 aromatic heterocycles. The Morgan fingerprint density at radius 2 is 1.83 bits per heavy atom. The van der Waals surface area contributed by atoms with Gasteiger partial charge in [0.05, 0.1) is 20.8 Å². The number of hydrogen-bond donors (Lipinski definition) is 3. The van der Waals surface area contributed by atoms with Crippen LogP contribution in [0.2, 0.25) is 0 Å². The van der Waals surface area contributed by atoms with E-state index in [1.165, 1.54) is 16.0 Å². The van der Waals surface area contributed by atoms with E-state index in [1.807, 2.05) is 69.4 Å². The maximum Gasteiger partial charge on any atom is 0.160 e. The van der Waals surface area contributed by atoms with Crippen LogP contribution in [0.5, 0.6) is 5.75 Å². The molecule has 3 rings (SSSR count). The van der Waals surface area contributed by atoms with Crippen LogP contribution in [0.15, 0.2) is 86.5 Å². The number of aliphatic imine (C=N–C) groups is 2. The van der Waals surface area contributed by atoms with Crippen LogP contribution >= 0.6 is 27.3 Å². The number of para-hydroxylation sites is 1. The van der Waals surface area contributed by atoms with Gasteiger partial charge in [0.2, 0.25) is 0 Å². The number of carbonyl (C=O) groups is 1. The van der Waals surface area contributed by atoms with E-state index in [1.54, 1.807) is 25.4 Å². The van der Waals surface area contributed by atoms with Crippen molar-refractivity contribution in [2.75, 3.05) is 27.2 Å². The van der Waals surface area contributed by atoms with E-state index in [-0.39, 0.29) is 5.75 Å². The highest BCUT2D eigenvalue weighted by Gasteiger charge is 2.08. The summed E-state index contributed by atoms with van der Waals surface area (Å²) in [6.07, 6.45) is 4.52. The van der Waals surface area contributed by atoms with Crippen molar-refractivity contribution in [3.8, 4) is 5.75 Å². The van der Waals surface area contributed by atoms with Gasteiger partial charge in [-0.1, -0.05) is 30.3 Å². The van der Waals surface area contributed by atoms with Crippen LogP contribution < -0.4 is 10.6 Å². The van der Waals surface area contributed by atoms with E-state index in [4.69, 9.17) is 0 Å². The first-order chi connectivity index (χ1) is 16.9. The standard InChI is InChI=1S/C18H25BrN4O.C9H6OS/c1-13(22-10-9-20-3)11-17(15-7-5-6-8-18(15)24)23-14(2)16(19)12-21-4;10-6-8-5-7-3-1-2-4-9(7)11-8/h5-8,11-12,20,22,24H,9-10H2,1-4H3;1-6H/b13-11+,16-14-,21-12?,23-17+;. The Balaban J connectivity index is 0.000000322. The molecule has 6 nitrogen and oxygen atoms in total. The predicted molar refractivity (Wildman–Crippen MR) is 154 cm³/mol. The van der Waals surface area contributed by atoms with E-state index in [2.05, 4.69) is 36.5 Å². The van der Waals surface area contributed by atoms with Crippen molar-refractivity contribution < 1.29 is 9.90 Å². The van der Waals surface area contributed by atoms with Gasteiger partial charge in [0, 0.05) is 42.3 Å². The molecule has 0 saturated carbocycles. The van der Waals surface area contributed by atoms with Crippen molar-refractivity contribution in [1.82, 2.24) is 10.6 Å². The molecule has 0 aliphatic rings. The zero-order chi connectivity index (χ0) is 25.6. The maximum atomic E-state index is 10.4. The summed E-state index contributed by atoms with van der Waals surface area (Å²) in [5.74, 6) is 0.198. The number of nitrogens with zero attached hydrogens (tertiary/aromatic N) is 2. The van der Waals surface area contributed by atoms with Crippen molar-refractivity contribution in [2.45, 2.75) is 13.8 Å². The fourth-order valence-electron chi connectivity index (χ4n) is 3.00. The van der Waals surface area contributed by atoms with Gasteiger partial charge in [-0.3, -0.25) is 14.8 Å². The van der Waals surface area contributed by atoms with Crippen LogP contribution in [-0.4, -0.2) is 50.5 Å². The molecule has 2 aromatic carbocycles. The van der Waals surface area contributed by atoms with Gasteiger partial charge >= 0.3 is 0 Å². The van der Waals surface area contributed by atoms with Crippen LogP contribution in [0, 0.1) is 0 Å². The molecule has 0 aliphatic heterocycles. The smallest absolute Gasteiger partial charge is 0.160 e. The number of hydrogen-bond acceptors (Lipinski definition) is 7. The molecule has 0 spiro atoms. The van der Waals surface area contributed by atoms with Gasteiger partial charge in [-0.05, 0) is 72.6 Å². The molecule has 35 heavy (non-hydrogen) atoms. The van der Waals surface area contributed by atoms with Gasteiger partial charge in [-0.25, -0.2) is 0 Å². The molecule has 1 heterocycles.